The van der Waals surface area contributed by atoms with Crippen molar-refractivity contribution in [2.45, 2.75) is 68.9 Å². The molecule has 38 heavy (non-hydrogen) atoms. The van der Waals surface area contributed by atoms with Gasteiger partial charge in [-0.15, -0.1) is 0 Å². The van der Waals surface area contributed by atoms with Crippen molar-refractivity contribution in [1.29, 1.82) is 0 Å². The fourth-order valence-corrected chi connectivity index (χ4v) is 5.69. The number of carboxylic acids is 1. The maximum atomic E-state index is 13.3. The maximum absolute atomic E-state index is 13.3. The van der Waals surface area contributed by atoms with E-state index in [2.05, 4.69) is 18.4 Å². The third-order valence-electron chi connectivity index (χ3n) is 6.44. The van der Waals surface area contributed by atoms with Crippen LogP contribution in [0.1, 0.15) is 44.7 Å². The lowest BCUT2D eigenvalue weighted by Gasteiger charge is -2.18. The minimum Gasteiger partial charge on any atom is -0.493 e. The van der Waals surface area contributed by atoms with Crippen molar-refractivity contribution in [3.05, 3.63) is 84.1 Å². The van der Waals surface area contributed by atoms with Gasteiger partial charge in [-0.05, 0) is 67.3 Å². The molecular formula is C31H35NO5S. The first-order valence-electron chi connectivity index (χ1n) is 13.1. The Morgan fingerprint density at radius 3 is 2.55 bits per heavy atom. The first-order valence-corrected chi connectivity index (χ1v) is 14.3. The van der Waals surface area contributed by atoms with Gasteiger partial charge < -0.3 is 19.1 Å². The third kappa shape index (κ3) is 6.64. The largest absolute Gasteiger partial charge is 0.493 e. The van der Waals surface area contributed by atoms with Crippen molar-refractivity contribution < 1.29 is 23.6 Å². The predicted octanol–water partition coefficient (Wildman–Crippen LogP) is 6.64. The molecule has 4 rings (SSSR count). The number of aromatic nitrogens is 1. The molecular weight excluding hydrogens is 498 g/mol. The van der Waals surface area contributed by atoms with E-state index in [0.717, 1.165) is 52.1 Å². The van der Waals surface area contributed by atoms with Crippen LogP contribution in [0, 0.1) is 0 Å². The SMILES string of the molecule is CCCn1cc(CC(=O)O)c2ccc(OCC[C@@H](C)Oc3ccc(CC)cc3[S@](=O)c3ccccc3)cc21. The summed E-state index contributed by atoms with van der Waals surface area (Å²) >= 11 is 0. The Hall–Kier alpha value is -3.58. The number of carboxylic acid groups (broad SMARTS) is 1. The van der Waals surface area contributed by atoms with Gasteiger partial charge in [0, 0.05) is 35.5 Å². The summed E-state index contributed by atoms with van der Waals surface area (Å²) in [6.45, 7) is 7.43. The normalized spacial score (nSPS) is 12.8. The summed E-state index contributed by atoms with van der Waals surface area (Å²) in [5.41, 5.74) is 2.91. The smallest absolute Gasteiger partial charge is 0.307 e. The Bertz CT molecular complexity index is 1410. The first kappa shape index (κ1) is 27.5. The van der Waals surface area contributed by atoms with Crippen LogP contribution in [0.2, 0.25) is 0 Å². The molecule has 6 nitrogen and oxygen atoms in total. The summed E-state index contributed by atoms with van der Waals surface area (Å²) in [4.78, 5) is 12.7. The van der Waals surface area contributed by atoms with E-state index in [0.29, 0.717) is 23.7 Å². The number of rotatable bonds is 13. The van der Waals surface area contributed by atoms with Crippen molar-refractivity contribution in [3.8, 4) is 11.5 Å². The molecule has 0 unspecified atom stereocenters. The molecule has 1 aromatic heterocycles. The number of aryl methyl sites for hydroxylation is 2. The van der Waals surface area contributed by atoms with Gasteiger partial charge in [0.25, 0.3) is 0 Å². The number of ether oxygens (including phenoxy) is 2. The minimum atomic E-state index is -1.34. The molecule has 200 valence electrons. The van der Waals surface area contributed by atoms with Crippen molar-refractivity contribution in [2.75, 3.05) is 6.61 Å². The third-order valence-corrected chi connectivity index (χ3v) is 7.86. The van der Waals surface area contributed by atoms with Crippen LogP contribution in [-0.4, -0.2) is 32.6 Å². The van der Waals surface area contributed by atoms with Crippen molar-refractivity contribution >= 4 is 27.7 Å². The highest BCUT2D eigenvalue weighted by atomic mass is 32.2. The summed E-state index contributed by atoms with van der Waals surface area (Å²) in [6, 6.07) is 21.1. The Balaban J connectivity index is 1.43. The Labute approximate surface area is 226 Å². The summed E-state index contributed by atoms with van der Waals surface area (Å²) in [7, 11) is -1.34. The molecule has 0 saturated heterocycles. The number of hydrogen-bond acceptors (Lipinski definition) is 4. The zero-order valence-corrected chi connectivity index (χ0v) is 23.0. The zero-order valence-electron chi connectivity index (χ0n) is 22.2. The zero-order chi connectivity index (χ0) is 27.1. The number of aliphatic carboxylic acids is 1. The fraction of sp³-hybridized carbons (Fsp3) is 0.323. The van der Waals surface area contributed by atoms with Crippen molar-refractivity contribution in [2.24, 2.45) is 0 Å². The topological polar surface area (TPSA) is 77.8 Å². The highest BCUT2D eigenvalue weighted by molar-refractivity contribution is 7.85. The van der Waals surface area contributed by atoms with E-state index in [4.69, 9.17) is 9.47 Å². The summed E-state index contributed by atoms with van der Waals surface area (Å²) in [5.74, 6) is 0.525. The average Bonchev–Trinajstić information content (AvgIpc) is 3.24. The molecule has 0 saturated carbocycles. The molecule has 0 aliphatic rings. The van der Waals surface area contributed by atoms with Crippen LogP contribution in [-0.2, 0) is 35.0 Å². The van der Waals surface area contributed by atoms with Gasteiger partial charge in [0.1, 0.15) is 11.5 Å². The molecule has 0 aliphatic carbocycles. The highest BCUT2D eigenvalue weighted by Gasteiger charge is 2.17. The van der Waals surface area contributed by atoms with Gasteiger partial charge in [0.05, 0.1) is 40.3 Å². The van der Waals surface area contributed by atoms with Crippen LogP contribution >= 0.6 is 0 Å². The summed E-state index contributed by atoms with van der Waals surface area (Å²) in [6.07, 6.45) is 4.23. The molecule has 0 spiro atoms. The second-order valence-corrected chi connectivity index (χ2v) is 10.8. The van der Waals surface area contributed by atoms with Crippen LogP contribution < -0.4 is 9.47 Å². The maximum Gasteiger partial charge on any atom is 0.307 e. The van der Waals surface area contributed by atoms with Gasteiger partial charge in [-0.2, -0.15) is 0 Å². The Morgan fingerprint density at radius 2 is 1.84 bits per heavy atom. The quantitative estimate of drug-likeness (QED) is 0.208. The van der Waals surface area contributed by atoms with Crippen LogP contribution in [0.25, 0.3) is 10.9 Å². The molecule has 1 N–H and O–H groups in total. The number of carbonyl (C=O) groups is 1. The molecule has 0 fully saturated rings. The van der Waals surface area contributed by atoms with E-state index in [9.17, 15) is 14.1 Å². The lowest BCUT2D eigenvalue weighted by Crippen LogP contribution is -2.17. The molecule has 0 radical (unpaired) electrons. The van der Waals surface area contributed by atoms with Gasteiger partial charge >= 0.3 is 5.97 Å². The molecule has 0 bridgehead atoms. The Kier molecular flexibility index (Phi) is 9.24. The van der Waals surface area contributed by atoms with Gasteiger partial charge in [-0.3, -0.25) is 4.79 Å². The minimum absolute atomic E-state index is 0.00143. The highest BCUT2D eigenvalue weighted by Crippen LogP contribution is 2.30. The molecule has 3 aromatic carbocycles. The van der Waals surface area contributed by atoms with E-state index in [1.807, 2.05) is 79.9 Å². The second-order valence-electron chi connectivity index (χ2n) is 9.38. The molecule has 0 aliphatic heterocycles. The lowest BCUT2D eigenvalue weighted by atomic mass is 10.1. The second kappa shape index (κ2) is 12.8. The Morgan fingerprint density at radius 1 is 1.05 bits per heavy atom. The van der Waals surface area contributed by atoms with Gasteiger partial charge in [-0.25, -0.2) is 4.21 Å². The summed E-state index contributed by atoms with van der Waals surface area (Å²) in [5, 5.41) is 10.2. The number of benzene rings is 3. The van der Waals surface area contributed by atoms with Gasteiger partial charge in [0.15, 0.2) is 0 Å². The van der Waals surface area contributed by atoms with E-state index in [-0.39, 0.29) is 12.5 Å². The van der Waals surface area contributed by atoms with Crippen LogP contribution in [0.15, 0.2) is 82.7 Å². The molecule has 4 aromatic rings. The van der Waals surface area contributed by atoms with Crippen LogP contribution in [0.4, 0.5) is 0 Å². The van der Waals surface area contributed by atoms with Crippen LogP contribution in [0.3, 0.4) is 0 Å². The fourth-order valence-electron chi connectivity index (χ4n) is 4.47. The standard InChI is InChI=1S/C31H35NO5S/c1-4-16-32-21-24(19-31(33)34)27-13-12-25(20-28(27)32)36-17-15-22(3)37-29-14-11-23(5-2)18-30(29)38(35)26-9-7-6-8-10-26/h6-14,18,20-22H,4-5,15-17,19H2,1-3H3,(H,33,34)/t22-,38-/m1/s1. The van der Waals surface area contributed by atoms with Crippen molar-refractivity contribution in [1.82, 2.24) is 4.57 Å². The number of nitrogens with zero attached hydrogens (tertiary/aromatic N) is 1. The average molecular weight is 534 g/mol. The van der Waals surface area contributed by atoms with Crippen molar-refractivity contribution in [3.63, 3.8) is 0 Å². The van der Waals surface area contributed by atoms with E-state index in [1.54, 1.807) is 0 Å². The first-order chi connectivity index (χ1) is 18.4. The molecule has 0 amide bonds. The van der Waals surface area contributed by atoms with E-state index in [1.165, 1.54) is 0 Å². The van der Waals surface area contributed by atoms with Gasteiger partial charge in [-0.1, -0.05) is 38.1 Å². The number of hydrogen-bond donors (Lipinski definition) is 1. The van der Waals surface area contributed by atoms with Gasteiger partial charge in [0.2, 0.25) is 0 Å². The lowest BCUT2D eigenvalue weighted by molar-refractivity contribution is -0.136. The molecule has 1 heterocycles. The molecule has 7 heteroatoms. The molecule has 2 atom stereocenters. The number of fused-ring (bicyclic) bond motifs is 1. The predicted molar refractivity (Wildman–Crippen MR) is 151 cm³/mol. The van der Waals surface area contributed by atoms with E-state index >= 15 is 0 Å². The van der Waals surface area contributed by atoms with E-state index < -0.39 is 16.8 Å². The van der Waals surface area contributed by atoms with Crippen LogP contribution in [0.5, 0.6) is 11.5 Å². The monoisotopic (exact) mass is 533 g/mol. The summed E-state index contributed by atoms with van der Waals surface area (Å²) < 4.78 is 27.7.